The van der Waals surface area contributed by atoms with E-state index in [2.05, 4.69) is 64.7 Å². The second-order valence-corrected chi connectivity index (χ2v) is 9.26. The van der Waals surface area contributed by atoms with Crippen molar-refractivity contribution in [2.45, 2.75) is 37.8 Å². The van der Waals surface area contributed by atoms with Crippen molar-refractivity contribution in [1.29, 1.82) is 5.26 Å². The van der Waals surface area contributed by atoms with Crippen molar-refractivity contribution >= 4 is 11.6 Å². The van der Waals surface area contributed by atoms with Gasteiger partial charge in [-0.15, -0.1) is 0 Å². The molecule has 3 aromatic carbocycles. The summed E-state index contributed by atoms with van der Waals surface area (Å²) in [5.41, 5.74) is 7.23. The Morgan fingerprint density at radius 2 is 1.91 bits per heavy atom. The van der Waals surface area contributed by atoms with Crippen LogP contribution in [-0.4, -0.2) is 16.0 Å². The predicted molar refractivity (Wildman–Crippen MR) is 131 cm³/mol. The van der Waals surface area contributed by atoms with E-state index in [1.807, 2.05) is 36.5 Å². The van der Waals surface area contributed by atoms with Crippen molar-refractivity contribution in [3.8, 4) is 6.07 Å². The van der Waals surface area contributed by atoms with E-state index in [0.29, 0.717) is 17.0 Å². The maximum atomic E-state index is 10.0. The minimum atomic E-state index is -0.426. The fourth-order valence-corrected chi connectivity index (χ4v) is 5.36. The lowest BCUT2D eigenvalue weighted by Crippen LogP contribution is -2.51. The smallest absolute Gasteiger partial charge is 0.0994 e. The second-order valence-electron chi connectivity index (χ2n) is 8.82. The second kappa shape index (κ2) is 8.86. The first-order chi connectivity index (χ1) is 16.1. The summed E-state index contributed by atoms with van der Waals surface area (Å²) < 4.78 is 0. The largest absolute Gasteiger partial charge is 0.348 e. The molecule has 0 saturated heterocycles. The number of H-pyrrole nitrogens is 1. The van der Waals surface area contributed by atoms with Crippen LogP contribution in [0.1, 0.15) is 46.0 Å². The Hall–Kier alpha value is -3.39. The lowest BCUT2D eigenvalue weighted by molar-refractivity contribution is 0.338. The Labute approximate surface area is 199 Å². The summed E-state index contributed by atoms with van der Waals surface area (Å²) in [6.07, 6.45) is 5.16. The van der Waals surface area contributed by atoms with Gasteiger partial charge in [-0.1, -0.05) is 60.1 Å². The van der Waals surface area contributed by atoms with Gasteiger partial charge in [0.05, 0.1) is 23.4 Å². The number of hydrogen-bond acceptors (Lipinski definition) is 3. The molecule has 2 atom stereocenters. The van der Waals surface area contributed by atoms with E-state index in [1.54, 1.807) is 6.33 Å². The third-order valence-electron chi connectivity index (χ3n) is 6.96. The fraction of sp³-hybridized carbons (Fsp3) is 0.214. The summed E-state index contributed by atoms with van der Waals surface area (Å²) >= 11 is 6.28. The van der Waals surface area contributed by atoms with Crippen LogP contribution in [-0.2, 0) is 24.8 Å². The zero-order chi connectivity index (χ0) is 22.8. The molecule has 0 amide bonds. The highest BCUT2D eigenvalue weighted by Gasteiger charge is 2.42. The van der Waals surface area contributed by atoms with Crippen molar-refractivity contribution in [3.63, 3.8) is 0 Å². The average molecular weight is 453 g/mol. The fourth-order valence-electron chi connectivity index (χ4n) is 5.14. The monoisotopic (exact) mass is 452 g/mol. The van der Waals surface area contributed by atoms with Crippen molar-refractivity contribution in [2.75, 3.05) is 0 Å². The van der Waals surface area contributed by atoms with Crippen molar-refractivity contribution in [1.82, 2.24) is 15.3 Å². The van der Waals surface area contributed by atoms with Gasteiger partial charge in [0, 0.05) is 29.5 Å². The van der Waals surface area contributed by atoms with E-state index < -0.39 is 5.41 Å². The molecule has 0 saturated carbocycles. The molecule has 1 aliphatic heterocycles. The van der Waals surface area contributed by atoms with Crippen LogP contribution in [0.4, 0.5) is 0 Å². The Balaban J connectivity index is 1.66. The lowest BCUT2D eigenvalue weighted by Gasteiger charge is -2.42. The Morgan fingerprint density at radius 3 is 2.67 bits per heavy atom. The van der Waals surface area contributed by atoms with Gasteiger partial charge in [-0.05, 0) is 65.8 Å². The van der Waals surface area contributed by atoms with Crippen LogP contribution < -0.4 is 5.32 Å². The normalized spacial score (nSPS) is 17.1. The summed E-state index contributed by atoms with van der Waals surface area (Å²) in [4.78, 5) is 7.74. The molecule has 1 aromatic heterocycles. The molecule has 5 heteroatoms. The molecule has 2 heterocycles. The number of nitrogens with one attached hydrogen (secondary N) is 2. The van der Waals surface area contributed by atoms with Crippen LogP contribution in [0.3, 0.4) is 0 Å². The molecule has 33 heavy (non-hydrogen) atoms. The zero-order valence-corrected chi connectivity index (χ0v) is 19.2. The highest BCUT2D eigenvalue weighted by Crippen LogP contribution is 2.40. The minimum Gasteiger partial charge on any atom is -0.348 e. The molecule has 2 N–H and O–H groups in total. The van der Waals surface area contributed by atoms with Crippen LogP contribution in [0, 0.1) is 11.3 Å². The van der Waals surface area contributed by atoms with Gasteiger partial charge >= 0.3 is 0 Å². The van der Waals surface area contributed by atoms with Crippen molar-refractivity contribution in [3.05, 3.63) is 123 Å². The number of halogens is 1. The highest BCUT2D eigenvalue weighted by molar-refractivity contribution is 6.30. The topological polar surface area (TPSA) is 64.5 Å². The number of imidazole rings is 1. The molecule has 1 aliphatic rings. The molecule has 0 bridgehead atoms. The van der Waals surface area contributed by atoms with Crippen LogP contribution >= 0.6 is 11.6 Å². The van der Waals surface area contributed by atoms with Crippen LogP contribution in [0.25, 0.3) is 0 Å². The summed E-state index contributed by atoms with van der Waals surface area (Å²) in [6.45, 7) is 3.07. The molecule has 1 unspecified atom stereocenters. The Kier molecular flexibility index (Phi) is 5.76. The van der Waals surface area contributed by atoms with Crippen LogP contribution in [0.15, 0.2) is 79.3 Å². The van der Waals surface area contributed by atoms with Crippen molar-refractivity contribution < 1.29 is 0 Å². The van der Waals surface area contributed by atoms with Gasteiger partial charge in [-0.25, -0.2) is 4.98 Å². The molecule has 4 aromatic rings. The van der Waals surface area contributed by atoms with Gasteiger partial charge in [0.1, 0.15) is 0 Å². The van der Waals surface area contributed by atoms with Crippen LogP contribution in [0.5, 0.6) is 0 Å². The molecule has 164 valence electrons. The van der Waals surface area contributed by atoms with Crippen molar-refractivity contribution in [2.24, 2.45) is 0 Å². The standard InChI is InChI=1S/C28H25ClN4/c1-28(27-17-31-18-33-27,26-14-20-7-2-3-8-22(20)16-32-26)25-11-5-9-21(15-30)24(25)13-19-6-4-10-23(29)12-19/h2-12,17-18,26,32H,13-14,16H2,1H3,(H,31,33)/t26?,28-/m0/s1. The van der Waals surface area contributed by atoms with E-state index in [0.717, 1.165) is 35.3 Å². The minimum absolute atomic E-state index is 0.125. The molecule has 0 aliphatic carbocycles. The van der Waals surface area contributed by atoms with E-state index in [-0.39, 0.29) is 6.04 Å². The molecule has 5 rings (SSSR count). The number of hydrogen-bond donors (Lipinski definition) is 2. The first kappa shape index (κ1) is 21.5. The summed E-state index contributed by atoms with van der Waals surface area (Å²) in [5, 5.41) is 14.5. The number of rotatable bonds is 5. The number of aromatic amines is 1. The van der Waals surface area contributed by atoms with Gasteiger partial charge in [0.15, 0.2) is 0 Å². The number of aromatic nitrogens is 2. The van der Waals surface area contributed by atoms with Gasteiger partial charge < -0.3 is 10.3 Å². The number of nitrogens with zero attached hydrogens (tertiary/aromatic N) is 2. The van der Waals surface area contributed by atoms with E-state index in [1.165, 1.54) is 11.1 Å². The van der Waals surface area contributed by atoms with Crippen LogP contribution in [0.2, 0.25) is 5.02 Å². The number of nitriles is 1. The zero-order valence-electron chi connectivity index (χ0n) is 18.5. The van der Waals surface area contributed by atoms with Gasteiger partial charge in [0.2, 0.25) is 0 Å². The first-order valence-electron chi connectivity index (χ1n) is 11.2. The van der Waals surface area contributed by atoms with Gasteiger partial charge in [-0.3, -0.25) is 0 Å². The van der Waals surface area contributed by atoms with Gasteiger partial charge in [0.25, 0.3) is 0 Å². The maximum absolute atomic E-state index is 10.0. The SMILES string of the molecule is C[C@](c1cnc[nH]1)(c1cccc(C#N)c1Cc1cccc(Cl)c1)C1Cc2ccccc2CN1. The Morgan fingerprint density at radius 1 is 1.09 bits per heavy atom. The molecular formula is C28H25ClN4. The number of benzene rings is 3. The Bertz CT molecular complexity index is 1320. The number of fused-ring (bicyclic) bond motifs is 1. The lowest BCUT2D eigenvalue weighted by atomic mass is 9.68. The third kappa shape index (κ3) is 3.95. The molecule has 0 radical (unpaired) electrons. The maximum Gasteiger partial charge on any atom is 0.0994 e. The molecule has 0 spiro atoms. The van der Waals surface area contributed by atoms with E-state index in [4.69, 9.17) is 11.6 Å². The predicted octanol–water partition coefficient (Wildman–Crippen LogP) is 5.55. The molecular weight excluding hydrogens is 428 g/mol. The molecule has 4 nitrogen and oxygen atoms in total. The van der Waals surface area contributed by atoms with E-state index in [9.17, 15) is 5.26 Å². The molecule has 0 fully saturated rings. The third-order valence-corrected chi connectivity index (χ3v) is 7.20. The quantitative estimate of drug-likeness (QED) is 0.417. The first-order valence-corrected chi connectivity index (χ1v) is 11.5. The summed E-state index contributed by atoms with van der Waals surface area (Å²) in [7, 11) is 0. The van der Waals surface area contributed by atoms with E-state index >= 15 is 0 Å². The average Bonchev–Trinajstić information content (AvgIpc) is 3.39. The van der Waals surface area contributed by atoms with Gasteiger partial charge in [-0.2, -0.15) is 5.26 Å². The summed E-state index contributed by atoms with van der Waals surface area (Å²) in [6, 6.07) is 25.1. The highest BCUT2D eigenvalue weighted by atomic mass is 35.5. The summed E-state index contributed by atoms with van der Waals surface area (Å²) in [5.74, 6) is 0.